The summed E-state index contributed by atoms with van der Waals surface area (Å²) in [5, 5.41) is 3.62. The van der Waals surface area contributed by atoms with Gasteiger partial charge in [0.15, 0.2) is 0 Å². The average Bonchev–Trinajstić information content (AvgIpc) is 2.33. The Hall–Kier alpha value is -0.260. The van der Waals surface area contributed by atoms with Crippen LogP contribution < -0.4 is 10.1 Å². The van der Waals surface area contributed by atoms with E-state index in [1.165, 1.54) is 12.1 Å². The molecule has 2 rings (SSSR count). The summed E-state index contributed by atoms with van der Waals surface area (Å²) in [5.74, 6) is 0.202. The number of ether oxygens (including phenoxy) is 1. The number of hydrogen-bond donors (Lipinski definition) is 1. The Kier molecular flexibility index (Phi) is 9.48. The smallest absolute Gasteiger partial charge is 0.138 e. The lowest BCUT2D eigenvalue weighted by Crippen LogP contribution is -2.44. The molecule has 1 aromatic carbocycles. The molecule has 0 aromatic heterocycles. The van der Waals surface area contributed by atoms with Gasteiger partial charge in [-0.3, -0.25) is 4.90 Å². The van der Waals surface area contributed by atoms with Crippen LogP contribution in [0.2, 0.25) is 5.02 Å². The van der Waals surface area contributed by atoms with Crippen LogP contribution in [0.25, 0.3) is 0 Å². The molecule has 7 heteroatoms. The van der Waals surface area contributed by atoms with E-state index in [0.29, 0.717) is 17.4 Å². The summed E-state index contributed by atoms with van der Waals surface area (Å²) in [6.07, 6.45) is 0. The summed E-state index contributed by atoms with van der Waals surface area (Å²) in [5.41, 5.74) is 0. The first kappa shape index (κ1) is 18.7. The monoisotopic (exact) mass is 330 g/mol. The molecule has 1 fully saturated rings. The zero-order valence-corrected chi connectivity index (χ0v) is 12.8. The first-order valence-corrected chi connectivity index (χ1v) is 6.14. The third kappa shape index (κ3) is 6.15. The fourth-order valence-electron chi connectivity index (χ4n) is 1.81. The van der Waals surface area contributed by atoms with E-state index < -0.39 is 0 Å². The molecule has 0 unspecified atom stereocenters. The van der Waals surface area contributed by atoms with E-state index in [9.17, 15) is 4.39 Å². The van der Waals surface area contributed by atoms with Gasteiger partial charge in [0, 0.05) is 32.7 Å². The molecule has 1 aliphatic rings. The topological polar surface area (TPSA) is 24.5 Å². The maximum atomic E-state index is 12.8. The quantitative estimate of drug-likeness (QED) is 0.918. The van der Waals surface area contributed by atoms with Crippen molar-refractivity contribution in [3.05, 3.63) is 29.0 Å². The summed E-state index contributed by atoms with van der Waals surface area (Å²) < 4.78 is 18.3. The Morgan fingerprint density at radius 2 is 1.95 bits per heavy atom. The van der Waals surface area contributed by atoms with Crippen LogP contribution in [-0.4, -0.2) is 44.2 Å². The van der Waals surface area contributed by atoms with Gasteiger partial charge in [0.05, 0.1) is 5.02 Å². The summed E-state index contributed by atoms with van der Waals surface area (Å²) in [4.78, 5) is 2.33. The van der Waals surface area contributed by atoms with Crippen LogP contribution in [0.4, 0.5) is 4.39 Å². The molecule has 0 saturated carbocycles. The third-order valence-corrected chi connectivity index (χ3v) is 3.06. The largest absolute Gasteiger partial charge is 0.491 e. The van der Waals surface area contributed by atoms with Gasteiger partial charge in [-0.2, -0.15) is 0 Å². The lowest BCUT2D eigenvalue weighted by Gasteiger charge is -2.26. The second kappa shape index (κ2) is 9.61. The van der Waals surface area contributed by atoms with Crippen molar-refractivity contribution in [2.45, 2.75) is 0 Å². The van der Waals surface area contributed by atoms with Gasteiger partial charge in [-0.05, 0) is 18.2 Å². The zero-order valence-electron chi connectivity index (χ0n) is 10.4. The van der Waals surface area contributed by atoms with Crippen molar-refractivity contribution in [3.8, 4) is 5.75 Å². The van der Waals surface area contributed by atoms with Gasteiger partial charge < -0.3 is 10.1 Å². The van der Waals surface area contributed by atoms with Crippen LogP contribution in [0.1, 0.15) is 0 Å². The lowest BCUT2D eigenvalue weighted by atomic mass is 10.3. The highest BCUT2D eigenvalue weighted by Crippen LogP contribution is 2.24. The van der Waals surface area contributed by atoms with Crippen molar-refractivity contribution in [2.24, 2.45) is 0 Å². The summed E-state index contributed by atoms with van der Waals surface area (Å²) in [6.45, 7) is 5.58. The lowest BCUT2D eigenvalue weighted by molar-refractivity contribution is 0.191. The van der Waals surface area contributed by atoms with E-state index in [0.717, 1.165) is 32.7 Å². The van der Waals surface area contributed by atoms with Crippen molar-refractivity contribution in [1.29, 1.82) is 0 Å². The molecule has 110 valence electrons. The molecule has 1 heterocycles. The molecule has 1 saturated heterocycles. The van der Waals surface area contributed by atoms with Crippen LogP contribution in [0.3, 0.4) is 0 Å². The highest BCUT2D eigenvalue weighted by molar-refractivity contribution is 6.32. The van der Waals surface area contributed by atoms with Crippen molar-refractivity contribution in [3.63, 3.8) is 0 Å². The number of hydrogen-bond acceptors (Lipinski definition) is 3. The Labute approximate surface area is 130 Å². The van der Waals surface area contributed by atoms with E-state index in [1.807, 2.05) is 0 Å². The SMILES string of the molecule is Cl.Cl.Fc1ccc(OCCN2CCNCC2)c(Cl)c1. The number of piperazine rings is 1. The summed E-state index contributed by atoms with van der Waals surface area (Å²) in [7, 11) is 0. The van der Waals surface area contributed by atoms with E-state index in [4.69, 9.17) is 16.3 Å². The van der Waals surface area contributed by atoms with Gasteiger partial charge >= 0.3 is 0 Å². The molecule has 19 heavy (non-hydrogen) atoms. The van der Waals surface area contributed by atoms with Crippen LogP contribution in [0.5, 0.6) is 5.75 Å². The van der Waals surface area contributed by atoms with E-state index >= 15 is 0 Å². The first-order valence-electron chi connectivity index (χ1n) is 5.76. The highest BCUT2D eigenvalue weighted by atomic mass is 35.5. The number of nitrogens with one attached hydrogen (secondary N) is 1. The molecule has 0 aliphatic carbocycles. The number of halogens is 4. The Morgan fingerprint density at radius 1 is 1.26 bits per heavy atom. The minimum Gasteiger partial charge on any atom is -0.491 e. The Balaban J connectivity index is 0.00000162. The van der Waals surface area contributed by atoms with Crippen LogP contribution in [0, 0.1) is 5.82 Å². The van der Waals surface area contributed by atoms with Crippen molar-refractivity contribution in [2.75, 3.05) is 39.3 Å². The van der Waals surface area contributed by atoms with Crippen molar-refractivity contribution < 1.29 is 9.13 Å². The molecular formula is C12H18Cl3FN2O. The molecule has 0 atom stereocenters. The van der Waals surface area contributed by atoms with Gasteiger partial charge in [0.2, 0.25) is 0 Å². The predicted molar refractivity (Wildman–Crippen MR) is 80.7 cm³/mol. The highest BCUT2D eigenvalue weighted by Gasteiger charge is 2.09. The molecule has 0 amide bonds. The fourth-order valence-corrected chi connectivity index (χ4v) is 2.03. The maximum Gasteiger partial charge on any atom is 0.138 e. The minimum absolute atomic E-state index is 0. The molecule has 3 nitrogen and oxygen atoms in total. The Morgan fingerprint density at radius 3 is 2.58 bits per heavy atom. The minimum atomic E-state index is -0.343. The van der Waals surface area contributed by atoms with Gasteiger partial charge in [0.25, 0.3) is 0 Å². The second-order valence-corrected chi connectivity index (χ2v) is 4.42. The second-order valence-electron chi connectivity index (χ2n) is 4.01. The zero-order chi connectivity index (χ0) is 12.1. The van der Waals surface area contributed by atoms with Gasteiger partial charge in [-0.15, -0.1) is 24.8 Å². The fraction of sp³-hybridized carbons (Fsp3) is 0.500. The number of nitrogens with zero attached hydrogens (tertiary/aromatic N) is 1. The van der Waals surface area contributed by atoms with Crippen LogP contribution in [-0.2, 0) is 0 Å². The van der Waals surface area contributed by atoms with E-state index in [1.54, 1.807) is 6.07 Å². The van der Waals surface area contributed by atoms with Crippen LogP contribution in [0.15, 0.2) is 18.2 Å². The normalized spacial score (nSPS) is 15.3. The molecule has 1 aromatic rings. The number of benzene rings is 1. The van der Waals surface area contributed by atoms with E-state index in [2.05, 4.69) is 10.2 Å². The molecular weight excluding hydrogens is 314 g/mol. The first-order chi connectivity index (χ1) is 8.25. The summed E-state index contributed by atoms with van der Waals surface area (Å²) >= 11 is 5.86. The van der Waals surface area contributed by atoms with Crippen molar-refractivity contribution >= 4 is 36.4 Å². The van der Waals surface area contributed by atoms with Gasteiger partial charge in [-0.25, -0.2) is 4.39 Å². The third-order valence-electron chi connectivity index (χ3n) is 2.77. The van der Waals surface area contributed by atoms with Crippen molar-refractivity contribution in [1.82, 2.24) is 10.2 Å². The Bertz CT molecular complexity index is 376. The average molecular weight is 332 g/mol. The molecule has 0 radical (unpaired) electrons. The molecule has 1 N–H and O–H groups in total. The van der Waals surface area contributed by atoms with E-state index in [-0.39, 0.29) is 30.6 Å². The van der Waals surface area contributed by atoms with Crippen LogP contribution >= 0.6 is 36.4 Å². The predicted octanol–water partition coefficient (Wildman–Crippen LogP) is 2.61. The summed E-state index contributed by atoms with van der Waals surface area (Å²) in [6, 6.07) is 4.18. The van der Waals surface area contributed by atoms with Gasteiger partial charge in [0.1, 0.15) is 18.2 Å². The standard InChI is InChI=1S/C12H16ClFN2O.2ClH/c13-11-9-10(14)1-2-12(11)17-8-7-16-5-3-15-4-6-16;;/h1-2,9,15H,3-8H2;2*1H. The maximum absolute atomic E-state index is 12.8. The molecule has 0 bridgehead atoms. The molecule has 1 aliphatic heterocycles. The van der Waals surface area contributed by atoms with Gasteiger partial charge in [-0.1, -0.05) is 11.6 Å². The number of rotatable bonds is 4. The molecule has 0 spiro atoms.